The van der Waals surface area contributed by atoms with Crippen LogP contribution in [0.5, 0.6) is 11.5 Å². The molecule has 0 saturated carbocycles. The molecule has 330 valence electrons. The quantitative estimate of drug-likeness (QED) is 0.0211. The number of nitrogens with zero attached hydrogens (tertiary/aromatic N) is 2. The maximum Gasteiger partial charge on any atom is 0.333 e. The first-order valence-electron chi connectivity index (χ1n) is 23.6. The number of fused-ring (bicyclic) bond motifs is 3. The number of ether oxygens (including phenoxy) is 2. The highest BCUT2D eigenvalue weighted by atomic mass is 16.5. The van der Waals surface area contributed by atoms with E-state index in [0.717, 1.165) is 79.4 Å². The minimum Gasteiger partial charge on any atom is -0.508 e. The molecule has 0 spiro atoms. The molecule has 6 heteroatoms. The van der Waals surface area contributed by atoms with E-state index < -0.39 is 0 Å². The Morgan fingerprint density at radius 2 is 1.06 bits per heavy atom. The Hall–Kier alpha value is -5.85. The molecule has 0 saturated heterocycles. The van der Waals surface area contributed by atoms with Crippen molar-refractivity contribution < 1.29 is 19.4 Å². The number of phenols is 1. The number of esters is 1. The van der Waals surface area contributed by atoms with E-state index in [1.807, 2.05) is 36.4 Å². The summed E-state index contributed by atoms with van der Waals surface area (Å²) in [6.07, 6.45) is 24.5. The van der Waals surface area contributed by atoms with E-state index in [1.165, 1.54) is 86.5 Å². The van der Waals surface area contributed by atoms with E-state index in [2.05, 4.69) is 69.0 Å². The van der Waals surface area contributed by atoms with Gasteiger partial charge in [-0.2, -0.15) is 10.5 Å². The number of benzene rings is 4. The molecule has 0 aliphatic heterocycles. The summed E-state index contributed by atoms with van der Waals surface area (Å²) in [5.41, 5.74) is 10.3. The van der Waals surface area contributed by atoms with Gasteiger partial charge in [-0.25, -0.2) is 4.79 Å². The van der Waals surface area contributed by atoms with E-state index in [-0.39, 0.29) is 17.1 Å². The first-order chi connectivity index (χ1) is 30.7. The van der Waals surface area contributed by atoms with Crippen molar-refractivity contribution in [2.75, 3.05) is 13.2 Å². The molecule has 4 aromatic rings. The Kier molecular flexibility index (Phi) is 19.4. The fraction of sp³-hybridized carbons (Fsp3) is 0.421. The molecule has 63 heavy (non-hydrogen) atoms. The van der Waals surface area contributed by atoms with Crippen molar-refractivity contribution in [2.24, 2.45) is 0 Å². The summed E-state index contributed by atoms with van der Waals surface area (Å²) >= 11 is 0. The molecule has 1 aliphatic carbocycles. The van der Waals surface area contributed by atoms with Gasteiger partial charge in [0.15, 0.2) is 0 Å². The summed E-state index contributed by atoms with van der Waals surface area (Å²) in [4.78, 5) is 11.5. The zero-order valence-corrected chi connectivity index (χ0v) is 38.2. The minimum atomic E-state index is -0.335. The fourth-order valence-electron chi connectivity index (χ4n) is 8.89. The summed E-state index contributed by atoms with van der Waals surface area (Å²) in [7, 11) is 0. The van der Waals surface area contributed by atoms with Crippen molar-refractivity contribution in [1.29, 1.82) is 10.5 Å². The van der Waals surface area contributed by atoms with Gasteiger partial charge in [0.1, 0.15) is 11.5 Å². The first-order valence-corrected chi connectivity index (χ1v) is 23.6. The summed E-state index contributed by atoms with van der Waals surface area (Å²) in [6.45, 7) is 10.8. The van der Waals surface area contributed by atoms with Gasteiger partial charge in [0.05, 0.1) is 36.5 Å². The number of allylic oxidation sites excluding steroid dienone is 2. The smallest absolute Gasteiger partial charge is 0.333 e. The van der Waals surface area contributed by atoms with Gasteiger partial charge >= 0.3 is 5.97 Å². The number of phenolic OH excluding ortho intramolecular Hbond substituents is 1. The summed E-state index contributed by atoms with van der Waals surface area (Å²) < 4.78 is 11.2. The van der Waals surface area contributed by atoms with Crippen molar-refractivity contribution in [3.8, 4) is 34.8 Å². The predicted molar refractivity (Wildman–Crippen MR) is 260 cm³/mol. The second kappa shape index (κ2) is 25.3. The van der Waals surface area contributed by atoms with E-state index >= 15 is 0 Å². The van der Waals surface area contributed by atoms with Crippen LogP contribution in [-0.4, -0.2) is 24.3 Å². The molecule has 0 bridgehead atoms. The maximum absolute atomic E-state index is 11.5. The molecule has 4 aromatic carbocycles. The summed E-state index contributed by atoms with van der Waals surface area (Å²) in [6, 6.07) is 33.0. The summed E-state index contributed by atoms with van der Waals surface area (Å²) in [5.74, 6) is 0.616. The van der Waals surface area contributed by atoms with Gasteiger partial charge in [-0.15, -0.1) is 0 Å². The van der Waals surface area contributed by atoms with Gasteiger partial charge in [0.25, 0.3) is 0 Å². The average Bonchev–Trinajstić information content (AvgIpc) is 3.56. The van der Waals surface area contributed by atoms with Crippen LogP contribution in [-0.2, 0) is 14.9 Å². The van der Waals surface area contributed by atoms with Crippen LogP contribution in [0.3, 0.4) is 0 Å². The van der Waals surface area contributed by atoms with Crippen molar-refractivity contribution >= 4 is 29.3 Å². The maximum atomic E-state index is 11.5. The molecule has 0 amide bonds. The molecular weight excluding hydrogens is 777 g/mol. The first kappa shape index (κ1) is 48.2. The number of hydrogen-bond acceptors (Lipinski definition) is 6. The Bertz CT molecular complexity index is 2240. The number of aromatic hydroxyl groups is 1. The number of hydrogen-bond donors (Lipinski definition) is 1. The summed E-state index contributed by atoms with van der Waals surface area (Å²) in [5, 5.41) is 30.6. The van der Waals surface area contributed by atoms with Crippen LogP contribution < -0.4 is 4.74 Å². The molecule has 1 N–H and O–H groups in total. The van der Waals surface area contributed by atoms with Crippen LogP contribution in [0.2, 0.25) is 0 Å². The highest BCUT2D eigenvalue weighted by molar-refractivity contribution is 5.93. The Labute approximate surface area is 378 Å². The van der Waals surface area contributed by atoms with Crippen LogP contribution in [0.4, 0.5) is 0 Å². The number of unbranched alkanes of at least 4 members (excludes halogenated alkanes) is 13. The third kappa shape index (κ3) is 13.8. The highest BCUT2D eigenvalue weighted by Crippen LogP contribution is 2.55. The third-order valence-corrected chi connectivity index (χ3v) is 12.4. The third-order valence-electron chi connectivity index (χ3n) is 12.4. The Balaban J connectivity index is 1.41. The van der Waals surface area contributed by atoms with Gasteiger partial charge < -0.3 is 14.6 Å². The van der Waals surface area contributed by atoms with Gasteiger partial charge in [0.2, 0.25) is 0 Å². The molecular formula is C57H68N2O4. The molecule has 1 aliphatic rings. The van der Waals surface area contributed by atoms with Crippen LogP contribution in [0, 0.1) is 22.7 Å². The van der Waals surface area contributed by atoms with Crippen LogP contribution >= 0.6 is 0 Å². The lowest BCUT2D eigenvalue weighted by Crippen LogP contribution is -2.25. The second-order valence-electron chi connectivity index (χ2n) is 17.3. The van der Waals surface area contributed by atoms with E-state index in [9.17, 15) is 20.4 Å². The molecule has 0 atom stereocenters. The lowest BCUT2D eigenvalue weighted by atomic mass is 9.70. The number of carbonyl (C=O) groups excluding carboxylic acids is 1. The van der Waals surface area contributed by atoms with Crippen molar-refractivity contribution in [1.82, 2.24) is 0 Å². The van der Waals surface area contributed by atoms with Gasteiger partial charge in [-0.1, -0.05) is 134 Å². The van der Waals surface area contributed by atoms with Gasteiger partial charge in [-0.3, -0.25) is 0 Å². The molecule has 0 heterocycles. The zero-order chi connectivity index (χ0) is 44.9. The minimum absolute atomic E-state index is 0.178. The Morgan fingerprint density at radius 3 is 1.54 bits per heavy atom. The largest absolute Gasteiger partial charge is 0.508 e. The normalized spacial score (nSPS) is 12.8. The molecule has 0 aromatic heterocycles. The standard InChI is InChI=1S/C57H68N2O4/c1-5-7-9-11-13-17-33-57(34-18-14-12-10-8-6-2)54-39-44(37-48(41-58)46-23-27-50(60)28-24-46)21-31-52(54)53-32-22-45(40-55(53)57)38-49(42-59)47-25-29-51(30-26-47)62-35-19-15-16-20-36-63-56(61)43(3)4/h21-32,37-40,60H,3,5-20,33-36H2,1-2,4H3/b48-37+,49-38+. The number of rotatable bonds is 27. The number of nitriles is 2. The van der Waals surface area contributed by atoms with Crippen molar-refractivity contribution in [2.45, 2.75) is 142 Å². The van der Waals surface area contributed by atoms with Crippen LogP contribution in [0.1, 0.15) is 170 Å². The molecule has 0 radical (unpaired) electrons. The lowest BCUT2D eigenvalue weighted by Gasteiger charge is -2.33. The highest BCUT2D eigenvalue weighted by Gasteiger charge is 2.42. The molecule has 0 fully saturated rings. The van der Waals surface area contributed by atoms with E-state index in [1.54, 1.807) is 31.2 Å². The molecule has 0 unspecified atom stereocenters. The van der Waals surface area contributed by atoms with E-state index in [4.69, 9.17) is 9.47 Å². The zero-order valence-electron chi connectivity index (χ0n) is 38.2. The fourth-order valence-corrected chi connectivity index (χ4v) is 8.89. The molecule has 5 rings (SSSR count). The molecule has 6 nitrogen and oxygen atoms in total. The topological polar surface area (TPSA) is 103 Å². The Morgan fingerprint density at radius 1 is 0.619 bits per heavy atom. The average molecular weight is 845 g/mol. The van der Waals surface area contributed by atoms with E-state index in [0.29, 0.717) is 29.9 Å². The second-order valence-corrected chi connectivity index (χ2v) is 17.3. The predicted octanol–water partition coefficient (Wildman–Crippen LogP) is 15.3. The number of carbonyl (C=O) groups is 1. The monoisotopic (exact) mass is 845 g/mol. The van der Waals surface area contributed by atoms with Crippen molar-refractivity contribution in [3.05, 3.63) is 130 Å². The van der Waals surface area contributed by atoms with Crippen molar-refractivity contribution in [3.63, 3.8) is 0 Å². The van der Waals surface area contributed by atoms with Gasteiger partial charge in [0, 0.05) is 11.0 Å². The van der Waals surface area contributed by atoms with Gasteiger partial charge in [-0.05, 0) is 151 Å². The van der Waals surface area contributed by atoms with Crippen LogP contribution in [0.15, 0.2) is 97.1 Å². The SMILES string of the molecule is C=C(C)C(=O)OCCCCCCOc1ccc(/C(C#N)=C/c2ccc3c(c2)C(CCCCCCCC)(CCCCCCCC)c2cc(/C=C(\C#N)c4ccc(O)cc4)ccc2-3)cc1. The van der Waals surface area contributed by atoms with Crippen LogP contribution in [0.25, 0.3) is 34.4 Å². The lowest BCUT2D eigenvalue weighted by molar-refractivity contribution is -0.139.